The van der Waals surface area contributed by atoms with Gasteiger partial charge in [0.15, 0.2) is 0 Å². The van der Waals surface area contributed by atoms with E-state index in [-0.39, 0.29) is 5.70 Å². The highest BCUT2D eigenvalue weighted by atomic mass is 16.5. The van der Waals surface area contributed by atoms with Gasteiger partial charge < -0.3 is 4.74 Å². The normalized spacial score (nSPS) is 10.1. The molecular formula is C6H7NO2. The Morgan fingerprint density at radius 1 is 1.78 bits per heavy atom. The van der Waals surface area contributed by atoms with E-state index in [4.69, 9.17) is 6.57 Å². The monoisotopic (exact) mass is 125 g/mol. The summed E-state index contributed by atoms with van der Waals surface area (Å²) < 4.78 is 4.27. The van der Waals surface area contributed by atoms with Crippen molar-refractivity contribution in [3.05, 3.63) is 23.2 Å². The van der Waals surface area contributed by atoms with Crippen molar-refractivity contribution in [2.24, 2.45) is 0 Å². The molecule has 0 saturated carbocycles. The third-order valence-corrected chi connectivity index (χ3v) is 0.788. The molecule has 0 heterocycles. The van der Waals surface area contributed by atoms with Crippen molar-refractivity contribution in [2.75, 3.05) is 7.11 Å². The Hall–Kier alpha value is -1.30. The number of hydrogen-bond acceptors (Lipinski definition) is 2. The Morgan fingerprint density at radius 3 is 2.44 bits per heavy atom. The van der Waals surface area contributed by atoms with Crippen LogP contribution >= 0.6 is 0 Å². The zero-order chi connectivity index (χ0) is 7.28. The van der Waals surface area contributed by atoms with E-state index in [1.54, 1.807) is 6.92 Å². The van der Waals surface area contributed by atoms with E-state index in [9.17, 15) is 4.79 Å². The van der Waals surface area contributed by atoms with Crippen LogP contribution in [0.3, 0.4) is 0 Å². The van der Waals surface area contributed by atoms with Gasteiger partial charge in [-0.2, -0.15) is 0 Å². The van der Waals surface area contributed by atoms with Crippen LogP contribution in [0.4, 0.5) is 0 Å². The number of hydrogen-bond donors (Lipinski definition) is 0. The smallest absolute Gasteiger partial charge is 0.335 e. The molecule has 3 nitrogen and oxygen atoms in total. The van der Waals surface area contributed by atoms with E-state index < -0.39 is 5.97 Å². The lowest BCUT2D eigenvalue weighted by molar-refractivity contribution is -0.135. The van der Waals surface area contributed by atoms with Crippen LogP contribution in [0.5, 0.6) is 0 Å². The molecule has 0 N–H and O–H groups in total. The van der Waals surface area contributed by atoms with Gasteiger partial charge in [-0.1, -0.05) is 13.0 Å². The molecule has 0 aromatic carbocycles. The van der Waals surface area contributed by atoms with Gasteiger partial charge in [-0.15, -0.1) is 0 Å². The van der Waals surface area contributed by atoms with Crippen molar-refractivity contribution < 1.29 is 9.53 Å². The summed E-state index contributed by atoms with van der Waals surface area (Å²) >= 11 is 0. The molecule has 0 unspecified atom stereocenters. The maximum atomic E-state index is 10.5. The van der Waals surface area contributed by atoms with Crippen molar-refractivity contribution in [1.29, 1.82) is 0 Å². The fraction of sp³-hybridized carbons (Fsp3) is 0.333. The molecule has 3 heteroatoms. The van der Waals surface area contributed by atoms with Crippen LogP contribution in [0.15, 0.2) is 11.8 Å². The van der Waals surface area contributed by atoms with Gasteiger partial charge in [-0.25, -0.2) is 4.85 Å². The molecule has 0 rings (SSSR count). The summed E-state index contributed by atoms with van der Waals surface area (Å²) in [5, 5.41) is 0. The maximum Gasteiger partial charge on any atom is 0.335 e. The Bertz CT molecular complexity index is 176. The standard InChI is InChI=1S/C6H7NO2/c1-4-5(7-2)6(8)9-3/h4H,1,3H3/b5-4-. The molecule has 0 aliphatic rings. The summed E-state index contributed by atoms with van der Waals surface area (Å²) in [5.74, 6) is -0.576. The highest BCUT2D eigenvalue weighted by molar-refractivity contribution is 5.90. The topological polar surface area (TPSA) is 30.7 Å². The fourth-order valence-corrected chi connectivity index (χ4v) is 0.333. The molecule has 0 bridgehead atoms. The van der Waals surface area contributed by atoms with Crippen molar-refractivity contribution in [1.82, 2.24) is 0 Å². The van der Waals surface area contributed by atoms with Gasteiger partial charge >= 0.3 is 5.97 Å². The third kappa shape index (κ3) is 1.96. The first-order valence-electron chi connectivity index (χ1n) is 2.38. The molecule has 9 heavy (non-hydrogen) atoms. The van der Waals surface area contributed by atoms with Gasteiger partial charge in [0.05, 0.1) is 13.7 Å². The van der Waals surface area contributed by atoms with Gasteiger partial charge in [0.25, 0.3) is 5.70 Å². The first kappa shape index (κ1) is 7.70. The molecule has 0 atom stereocenters. The average molecular weight is 125 g/mol. The summed E-state index contributed by atoms with van der Waals surface area (Å²) in [4.78, 5) is 13.4. The number of carbonyl (C=O) groups excluding carboxylic acids is 1. The van der Waals surface area contributed by atoms with Gasteiger partial charge in [0.1, 0.15) is 0 Å². The van der Waals surface area contributed by atoms with Gasteiger partial charge in [0.2, 0.25) is 0 Å². The molecule has 48 valence electrons. The number of ether oxygens (including phenoxy) is 1. The molecule has 0 aromatic heterocycles. The van der Waals surface area contributed by atoms with Crippen molar-refractivity contribution in [3.8, 4) is 0 Å². The molecule has 0 aliphatic carbocycles. The van der Waals surface area contributed by atoms with Crippen molar-refractivity contribution >= 4 is 5.97 Å². The summed E-state index contributed by atoms with van der Waals surface area (Å²) in [5.41, 5.74) is 0.0255. The second-order valence-corrected chi connectivity index (χ2v) is 1.28. The van der Waals surface area contributed by atoms with E-state index in [0.29, 0.717) is 0 Å². The highest BCUT2D eigenvalue weighted by Gasteiger charge is 2.05. The summed E-state index contributed by atoms with van der Waals surface area (Å²) in [6.45, 7) is 8.06. The lowest BCUT2D eigenvalue weighted by Gasteiger charge is -1.91. The molecule has 0 fully saturated rings. The number of carbonyl (C=O) groups is 1. The SMILES string of the molecule is [C-]#[N+]/C(=C\C)C(=O)OC. The van der Waals surface area contributed by atoms with E-state index in [0.717, 1.165) is 0 Å². The lowest BCUT2D eigenvalue weighted by Crippen LogP contribution is -2.00. The van der Waals surface area contributed by atoms with Crippen molar-refractivity contribution in [3.63, 3.8) is 0 Å². The zero-order valence-corrected chi connectivity index (χ0v) is 5.34. The Balaban J connectivity index is 4.19. The number of rotatable bonds is 1. The fourth-order valence-electron chi connectivity index (χ4n) is 0.333. The van der Waals surface area contributed by atoms with E-state index >= 15 is 0 Å². The number of nitrogens with zero attached hydrogens (tertiary/aromatic N) is 1. The average Bonchev–Trinajstić information content (AvgIpc) is 1.90. The first-order valence-corrected chi connectivity index (χ1v) is 2.38. The quantitative estimate of drug-likeness (QED) is 0.297. The van der Waals surface area contributed by atoms with Crippen LogP contribution < -0.4 is 0 Å². The Morgan fingerprint density at radius 2 is 2.33 bits per heavy atom. The van der Waals surface area contributed by atoms with Crippen LogP contribution in [0.25, 0.3) is 4.85 Å². The number of methoxy groups -OCH3 is 1. The Labute approximate surface area is 53.8 Å². The predicted octanol–water partition coefficient (Wildman–Crippen LogP) is 0.982. The van der Waals surface area contributed by atoms with E-state index in [1.807, 2.05) is 0 Å². The molecule has 0 spiro atoms. The molecular weight excluding hydrogens is 118 g/mol. The summed E-state index contributed by atoms with van der Waals surface area (Å²) in [7, 11) is 1.25. The number of allylic oxidation sites excluding steroid dienone is 1. The van der Waals surface area contributed by atoms with Gasteiger partial charge in [-0.05, 0) is 0 Å². The minimum Gasteiger partial charge on any atom is -0.474 e. The molecule has 0 radical (unpaired) electrons. The summed E-state index contributed by atoms with van der Waals surface area (Å²) in [6, 6.07) is 0. The molecule has 0 aliphatic heterocycles. The van der Waals surface area contributed by atoms with Gasteiger partial charge in [-0.3, -0.25) is 4.79 Å². The Kier molecular flexibility index (Phi) is 3.14. The summed E-state index contributed by atoms with van der Waals surface area (Å²) in [6.07, 6.45) is 1.42. The van der Waals surface area contributed by atoms with Gasteiger partial charge in [0, 0.05) is 0 Å². The molecule has 0 saturated heterocycles. The van der Waals surface area contributed by atoms with E-state index in [2.05, 4.69) is 9.58 Å². The maximum absolute atomic E-state index is 10.5. The van der Waals surface area contributed by atoms with E-state index in [1.165, 1.54) is 13.2 Å². The van der Waals surface area contributed by atoms with Crippen LogP contribution in [0, 0.1) is 6.57 Å². The van der Waals surface area contributed by atoms with Crippen LogP contribution in [-0.4, -0.2) is 13.1 Å². The second-order valence-electron chi connectivity index (χ2n) is 1.28. The highest BCUT2D eigenvalue weighted by Crippen LogP contribution is 1.96. The minimum absolute atomic E-state index is 0.0255. The van der Waals surface area contributed by atoms with Crippen LogP contribution in [0.2, 0.25) is 0 Å². The largest absolute Gasteiger partial charge is 0.474 e. The number of esters is 1. The minimum atomic E-state index is -0.576. The first-order chi connectivity index (χ1) is 4.26. The van der Waals surface area contributed by atoms with Crippen molar-refractivity contribution in [2.45, 2.75) is 6.92 Å². The molecule has 0 aromatic rings. The van der Waals surface area contributed by atoms with Crippen LogP contribution in [0.1, 0.15) is 6.92 Å². The second kappa shape index (κ2) is 3.67. The lowest BCUT2D eigenvalue weighted by atomic mass is 10.4. The predicted molar refractivity (Wildman–Crippen MR) is 32.4 cm³/mol. The zero-order valence-electron chi connectivity index (χ0n) is 5.34. The van der Waals surface area contributed by atoms with Crippen LogP contribution in [-0.2, 0) is 9.53 Å². The third-order valence-electron chi connectivity index (χ3n) is 0.788. The molecule has 0 amide bonds.